The van der Waals surface area contributed by atoms with E-state index in [1.807, 2.05) is 54.6 Å². The second-order valence-corrected chi connectivity index (χ2v) is 6.72. The van der Waals surface area contributed by atoms with Gasteiger partial charge in [-0.15, -0.1) is 0 Å². The molecule has 0 aliphatic heterocycles. The number of halogens is 1. The van der Waals surface area contributed by atoms with Gasteiger partial charge >= 0.3 is 0 Å². The number of hydrogen-bond donors (Lipinski definition) is 2. The molecule has 6 heteroatoms. The number of ether oxygens (including phenoxy) is 1. The lowest BCUT2D eigenvalue weighted by Gasteiger charge is -2.14. The summed E-state index contributed by atoms with van der Waals surface area (Å²) in [6, 6.07) is 24.3. The third-order valence-electron chi connectivity index (χ3n) is 4.41. The maximum absolute atomic E-state index is 12.2. The van der Waals surface area contributed by atoms with E-state index in [4.69, 9.17) is 16.3 Å². The van der Waals surface area contributed by atoms with Crippen LogP contribution in [-0.4, -0.2) is 19.6 Å². The van der Waals surface area contributed by atoms with Crippen LogP contribution in [0.3, 0.4) is 0 Å². The highest BCUT2D eigenvalue weighted by Crippen LogP contribution is 2.31. The minimum Gasteiger partial charge on any atom is -0.495 e. The largest absolute Gasteiger partial charge is 0.495 e. The monoisotopic (exact) mass is 405 g/mol. The van der Waals surface area contributed by atoms with Crippen LogP contribution < -0.4 is 15.4 Å². The van der Waals surface area contributed by atoms with Crippen LogP contribution in [0.1, 0.15) is 17.0 Å². The molecule has 0 saturated heterocycles. The van der Waals surface area contributed by atoms with Gasteiger partial charge in [0.15, 0.2) is 0 Å². The molecule has 0 bridgehead atoms. The Morgan fingerprint density at radius 3 is 2.52 bits per heavy atom. The van der Waals surface area contributed by atoms with Crippen LogP contribution in [0.2, 0.25) is 5.02 Å². The van der Waals surface area contributed by atoms with Crippen molar-refractivity contribution < 1.29 is 9.53 Å². The lowest BCUT2D eigenvalue weighted by Crippen LogP contribution is -2.22. The molecule has 0 spiro atoms. The van der Waals surface area contributed by atoms with E-state index >= 15 is 0 Å². The van der Waals surface area contributed by atoms with E-state index < -0.39 is 5.92 Å². The van der Waals surface area contributed by atoms with Gasteiger partial charge in [0.2, 0.25) is 5.91 Å². The predicted octanol–water partition coefficient (Wildman–Crippen LogP) is 5.05. The Kier molecular flexibility index (Phi) is 6.72. The Bertz CT molecular complexity index is 1030. The number of nitriles is 1. The lowest BCUT2D eigenvalue weighted by molar-refractivity contribution is -0.114. The zero-order chi connectivity index (χ0) is 20.6. The van der Waals surface area contributed by atoms with Crippen LogP contribution in [0.25, 0.3) is 0 Å². The summed E-state index contributed by atoms with van der Waals surface area (Å²) in [5.74, 6) is -0.0721. The van der Waals surface area contributed by atoms with Crippen molar-refractivity contribution in [1.82, 2.24) is 0 Å². The third kappa shape index (κ3) is 5.07. The summed E-state index contributed by atoms with van der Waals surface area (Å²) in [5.41, 5.74) is 2.91. The zero-order valence-electron chi connectivity index (χ0n) is 15.9. The van der Waals surface area contributed by atoms with Crippen LogP contribution in [0.5, 0.6) is 5.75 Å². The van der Waals surface area contributed by atoms with E-state index in [-0.39, 0.29) is 12.5 Å². The van der Waals surface area contributed by atoms with Gasteiger partial charge in [-0.1, -0.05) is 60.1 Å². The van der Waals surface area contributed by atoms with Crippen LogP contribution in [0, 0.1) is 11.3 Å². The zero-order valence-corrected chi connectivity index (χ0v) is 16.6. The predicted molar refractivity (Wildman–Crippen MR) is 115 cm³/mol. The molecule has 0 saturated carbocycles. The number of nitrogens with zero attached hydrogens (tertiary/aromatic N) is 1. The molecule has 1 atom stereocenters. The lowest BCUT2D eigenvalue weighted by atomic mass is 9.92. The molecule has 146 valence electrons. The Hall–Kier alpha value is -3.49. The molecule has 2 N–H and O–H groups in total. The van der Waals surface area contributed by atoms with Crippen molar-refractivity contribution >= 4 is 28.9 Å². The number of rotatable bonds is 7. The molecule has 0 heterocycles. The van der Waals surface area contributed by atoms with Gasteiger partial charge in [0.25, 0.3) is 0 Å². The second kappa shape index (κ2) is 9.63. The number of carbonyl (C=O) groups excluding carboxylic acids is 1. The van der Waals surface area contributed by atoms with Crippen molar-refractivity contribution in [1.29, 1.82) is 5.26 Å². The normalized spacial score (nSPS) is 11.2. The summed E-state index contributed by atoms with van der Waals surface area (Å²) in [6.45, 7) is 0.0636. The molecular formula is C23H20ClN3O2. The van der Waals surface area contributed by atoms with E-state index in [0.29, 0.717) is 22.1 Å². The minimum atomic E-state index is -0.452. The molecule has 29 heavy (non-hydrogen) atoms. The average Bonchev–Trinajstić information content (AvgIpc) is 2.75. The molecule has 0 aliphatic rings. The van der Waals surface area contributed by atoms with Gasteiger partial charge in [0, 0.05) is 10.7 Å². The number of benzene rings is 3. The summed E-state index contributed by atoms with van der Waals surface area (Å²) in [4.78, 5) is 12.2. The van der Waals surface area contributed by atoms with Gasteiger partial charge in [0.05, 0.1) is 31.3 Å². The van der Waals surface area contributed by atoms with Gasteiger partial charge < -0.3 is 15.4 Å². The quantitative estimate of drug-likeness (QED) is 0.576. The van der Waals surface area contributed by atoms with Crippen LogP contribution in [-0.2, 0) is 4.79 Å². The van der Waals surface area contributed by atoms with Crippen molar-refractivity contribution in [2.24, 2.45) is 0 Å². The Morgan fingerprint density at radius 2 is 1.83 bits per heavy atom. The van der Waals surface area contributed by atoms with Crippen molar-refractivity contribution in [3.63, 3.8) is 0 Å². The van der Waals surface area contributed by atoms with Crippen molar-refractivity contribution in [3.8, 4) is 11.8 Å². The fourth-order valence-electron chi connectivity index (χ4n) is 2.96. The Morgan fingerprint density at radius 1 is 1.10 bits per heavy atom. The molecule has 0 aliphatic carbocycles. The fraction of sp³-hybridized carbons (Fsp3) is 0.130. The topological polar surface area (TPSA) is 74.2 Å². The van der Waals surface area contributed by atoms with Gasteiger partial charge in [-0.3, -0.25) is 4.79 Å². The van der Waals surface area contributed by atoms with Crippen molar-refractivity contribution in [2.45, 2.75) is 5.92 Å². The summed E-state index contributed by atoms with van der Waals surface area (Å²) in [6.07, 6.45) is 0. The summed E-state index contributed by atoms with van der Waals surface area (Å²) in [7, 11) is 1.55. The first kappa shape index (κ1) is 20.2. The van der Waals surface area contributed by atoms with E-state index in [1.165, 1.54) is 0 Å². The Balaban J connectivity index is 1.66. The van der Waals surface area contributed by atoms with Crippen LogP contribution >= 0.6 is 11.6 Å². The number of anilines is 2. The van der Waals surface area contributed by atoms with Gasteiger partial charge in [-0.05, 0) is 35.4 Å². The van der Waals surface area contributed by atoms with Crippen LogP contribution in [0.4, 0.5) is 11.4 Å². The molecule has 3 rings (SSSR count). The average molecular weight is 406 g/mol. The molecule has 0 radical (unpaired) electrons. The number of carbonyl (C=O) groups is 1. The first-order valence-corrected chi connectivity index (χ1v) is 9.41. The maximum Gasteiger partial charge on any atom is 0.243 e. The van der Waals surface area contributed by atoms with E-state index in [2.05, 4.69) is 16.7 Å². The van der Waals surface area contributed by atoms with Crippen molar-refractivity contribution in [3.05, 3.63) is 88.9 Å². The highest BCUT2D eigenvalue weighted by Gasteiger charge is 2.17. The van der Waals surface area contributed by atoms with Gasteiger partial charge in [-0.2, -0.15) is 5.26 Å². The van der Waals surface area contributed by atoms with E-state index in [9.17, 15) is 10.1 Å². The van der Waals surface area contributed by atoms with E-state index in [0.717, 1.165) is 11.1 Å². The first-order chi connectivity index (χ1) is 14.1. The molecule has 5 nitrogen and oxygen atoms in total. The van der Waals surface area contributed by atoms with Crippen molar-refractivity contribution in [2.75, 3.05) is 24.3 Å². The number of para-hydroxylation sites is 2. The second-order valence-electron chi connectivity index (χ2n) is 6.31. The van der Waals surface area contributed by atoms with Gasteiger partial charge in [0.1, 0.15) is 5.75 Å². The number of methoxy groups -OCH3 is 1. The number of amides is 1. The molecular weight excluding hydrogens is 386 g/mol. The standard InChI is InChI=1S/C23H20ClN3O2/c1-29-22-10-6-5-9-21(22)27-23(28)15-26-17-11-12-18(20(24)13-17)19(14-25)16-7-3-2-4-8-16/h2-13,19,26H,15H2,1H3,(H,27,28). The first-order valence-electron chi connectivity index (χ1n) is 9.03. The number of nitrogens with one attached hydrogen (secondary N) is 2. The summed E-state index contributed by atoms with van der Waals surface area (Å²) < 4.78 is 5.23. The third-order valence-corrected chi connectivity index (χ3v) is 4.73. The highest BCUT2D eigenvalue weighted by atomic mass is 35.5. The van der Waals surface area contributed by atoms with Crippen LogP contribution in [0.15, 0.2) is 72.8 Å². The summed E-state index contributed by atoms with van der Waals surface area (Å²) >= 11 is 6.43. The van der Waals surface area contributed by atoms with Gasteiger partial charge in [-0.25, -0.2) is 0 Å². The molecule has 1 unspecified atom stereocenters. The smallest absolute Gasteiger partial charge is 0.243 e. The highest BCUT2D eigenvalue weighted by molar-refractivity contribution is 6.31. The minimum absolute atomic E-state index is 0.0636. The van der Waals surface area contributed by atoms with E-state index in [1.54, 1.807) is 25.3 Å². The molecule has 3 aromatic carbocycles. The summed E-state index contributed by atoms with van der Waals surface area (Å²) in [5, 5.41) is 15.9. The Labute approximate surface area is 174 Å². The molecule has 0 aromatic heterocycles. The molecule has 0 fully saturated rings. The molecule has 1 amide bonds. The number of hydrogen-bond acceptors (Lipinski definition) is 4. The fourth-order valence-corrected chi connectivity index (χ4v) is 3.25. The maximum atomic E-state index is 12.2. The molecule has 3 aromatic rings. The SMILES string of the molecule is COc1ccccc1NC(=O)CNc1ccc(C(C#N)c2ccccc2)c(Cl)c1.